The van der Waals surface area contributed by atoms with Crippen LogP contribution < -0.4 is 11.2 Å². The van der Waals surface area contributed by atoms with E-state index in [4.69, 9.17) is 0 Å². The molecule has 1 aromatic heterocycles. The first kappa shape index (κ1) is 15.3. The number of aromatic hydroxyl groups is 1. The first-order valence-electron chi connectivity index (χ1n) is 7.21. The monoisotopic (exact) mass is 295 g/mol. The Morgan fingerprint density at radius 3 is 2.29 bits per heavy atom. The second-order valence-electron chi connectivity index (χ2n) is 5.73. The van der Waals surface area contributed by atoms with Gasteiger partial charge in [0.25, 0.3) is 5.56 Å². The molecule has 0 aliphatic carbocycles. The van der Waals surface area contributed by atoms with Gasteiger partial charge in [-0.15, -0.1) is 0 Å². The van der Waals surface area contributed by atoms with Crippen molar-refractivity contribution in [3.63, 3.8) is 0 Å². The highest BCUT2D eigenvalue weighted by molar-refractivity contribution is 5.80. The molecule has 0 aromatic carbocycles. The molecule has 1 amide bonds. The number of nitrogens with zero attached hydrogens (tertiary/aromatic N) is 2. The van der Waals surface area contributed by atoms with Gasteiger partial charge in [-0.05, 0) is 25.7 Å². The van der Waals surface area contributed by atoms with Gasteiger partial charge in [0.1, 0.15) is 6.04 Å². The molecule has 2 heterocycles. The van der Waals surface area contributed by atoms with Gasteiger partial charge in [-0.2, -0.15) is 0 Å². The lowest BCUT2D eigenvalue weighted by Crippen LogP contribution is -2.41. The molecule has 7 heteroatoms. The molecule has 7 nitrogen and oxygen atoms in total. The molecule has 0 spiro atoms. The van der Waals surface area contributed by atoms with Crippen LogP contribution in [0.5, 0.6) is 5.88 Å². The third-order valence-corrected chi connectivity index (χ3v) is 3.89. The van der Waals surface area contributed by atoms with E-state index in [0.29, 0.717) is 13.1 Å². The van der Waals surface area contributed by atoms with Gasteiger partial charge in [-0.3, -0.25) is 19.1 Å². The fourth-order valence-corrected chi connectivity index (χ4v) is 2.74. The van der Waals surface area contributed by atoms with Gasteiger partial charge >= 0.3 is 5.69 Å². The van der Waals surface area contributed by atoms with Crippen molar-refractivity contribution in [3.05, 3.63) is 26.4 Å². The average molecular weight is 295 g/mol. The summed E-state index contributed by atoms with van der Waals surface area (Å²) in [5.41, 5.74) is -1.25. The van der Waals surface area contributed by atoms with E-state index < -0.39 is 23.2 Å². The smallest absolute Gasteiger partial charge is 0.331 e. The summed E-state index contributed by atoms with van der Waals surface area (Å²) >= 11 is 0. The van der Waals surface area contributed by atoms with Crippen LogP contribution >= 0.6 is 0 Å². The third-order valence-electron chi connectivity index (χ3n) is 3.89. The Balaban J connectivity index is 2.48. The first-order chi connectivity index (χ1) is 9.84. The molecule has 1 aliphatic heterocycles. The highest BCUT2D eigenvalue weighted by atomic mass is 16.3. The largest absolute Gasteiger partial charge is 0.494 e. The van der Waals surface area contributed by atoms with Crippen LogP contribution in [-0.2, 0) is 4.79 Å². The number of aromatic nitrogens is 2. The molecule has 0 radical (unpaired) electrons. The van der Waals surface area contributed by atoms with Gasteiger partial charge in [0.05, 0.1) is 5.56 Å². The van der Waals surface area contributed by atoms with Gasteiger partial charge in [0.15, 0.2) is 0 Å². The predicted octanol–water partition coefficient (Wildman–Crippen LogP) is 0.549. The molecule has 2 rings (SSSR count). The van der Waals surface area contributed by atoms with Crippen LogP contribution in [0.15, 0.2) is 9.59 Å². The van der Waals surface area contributed by atoms with Crippen molar-refractivity contribution >= 4 is 5.91 Å². The molecule has 1 saturated heterocycles. The zero-order valence-corrected chi connectivity index (χ0v) is 12.5. The van der Waals surface area contributed by atoms with E-state index in [1.807, 2.05) is 0 Å². The second-order valence-corrected chi connectivity index (χ2v) is 5.73. The maximum absolute atomic E-state index is 12.4. The van der Waals surface area contributed by atoms with E-state index in [1.165, 1.54) is 0 Å². The van der Waals surface area contributed by atoms with E-state index in [1.54, 1.807) is 25.7 Å². The maximum Gasteiger partial charge on any atom is 0.331 e. The number of likely N-dealkylation sites (tertiary alicyclic amines) is 1. The van der Waals surface area contributed by atoms with Crippen molar-refractivity contribution in [2.75, 3.05) is 13.1 Å². The zero-order valence-electron chi connectivity index (χ0n) is 12.5. The molecule has 1 aliphatic rings. The van der Waals surface area contributed by atoms with Gasteiger partial charge < -0.3 is 10.0 Å². The lowest BCUT2D eigenvalue weighted by atomic mass is 10.1. The summed E-state index contributed by atoms with van der Waals surface area (Å²) in [6, 6.07) is -0.843. The Labute approximate surface area is 122 Å². The molecule has 2 N–H and O–H groups in total. The summed E-state index contributed by atoms with van der Waals surface area (Å²) in [4.78, 5) is 40.0. The second kappa shape index (κ2) is 5.75. The molecule has 0 bridgehead atoms. The molecule has 1 unspecified atom stereocenters. The fraction of sp³-hybridized carbons (Fsp3) is 0.643. The highest BCUT2D eigenvalue weighted by Crippen LogP contribution is 2.24. The van der Waals surface area contributed by atoms with Crippen LogP contribution in [0, 0.1) is 0 Å². The normalized spacial score (nSPS) is 16.5. The number of amides is 1. The average Bonchev–Trinajstić information content (AvgIpc) is 2.90. The molecule has 0 saturated carbocycles. The fourth-order valence-electron chi connectivity index (χ4n) is 2.74. The molecule has 1 fully saturated rings. The van der Waals surface area contributed by atoms with Crippen LogP contribution in [0.1, 0.15) is 51.1 Å². The summed E-state index contributed by atoms with van der Waals surface area (Å²) in [6.45, 7) is 6.38. The zero-order chi connectivity index (χ0) is 15.7. The SMILES string of the molecule is CC(C)c1c(O)n(C(C)C(=O)N2CCCC2)c(=O)[nH]c1=O. The summed E-state index contributed by atoms with van der Waals surface area (Å²) in [5.74, 6) is -0.889. The topological polar surface area (TPSA) is 95.4 Å². The van der Waals surface area contributed by atoms with Gasteiger partial charge in [-0.1, -0.05) is 13.8 Å². The number of H-pyrrole nitrogens is 1. The Kier molecular flexibility index (Phi) is 4.20. The lowest BCUT2D eigenvalue weighted by Gasteiger charge is -2.23. The number of hydrogen-bond donors (Lipinski definition) is 2. The predicted molar refractivity (Wildman–Crippen MR) is 77.6 cm³/mol. The van der Waals surface area contributed by atoms with E-state index in [-0.39, 0.29) is 17.4 Å². The van der Waals surface area contributed by atoms with Crippen molar-refractivity contribution in [2.24, 2.45) is 0 Å². The summed E-state index contributed by atoms with van der Waals surface area (Å²) in [5, 5.41) is 10.3. The van der Waals surface area contributed by atoms with E-state index in [2.05, 4.69) is 4.98 Å². The molecule has 1 aromatic rings. The van der Waals surface area contributed by atoms with Crippen molar-refractivity contribution in [1.82, 2.24) is 14.5 Å². The number of hydrogen-bond acceptors (Lipinski definition) is 4. The minimum atomic E-state index is -0.843. The van der Waals surface area contributed by atoms with Gasteiger partial charge in [0, 0.05) is 13.1 Å². The van der Waals surface area contributed by atoms with E-state index in [9.17, 15) is 19.5 Å². The minimum absolute atomic E-state index is 0.121. The Bertz CT molecular complexity index is 653. The quantitative estimate of drug-likeness (QED) is 0.851. The summed E-state index contributed by atoms with van der Waals surface area (Å²) in [7, 11) is 0. The number of rotatable bonds is 3. The van der Waals surface area contributed by atoms with Crippen LogP contribution in [0.25, 0.3) is 0 Å². The summed E-state index contributed by atoms with van der Waals surface area (Å²) < 4.78 is 0.970. The van der Waals surface area contributed by atoms with Crippen LogP contribution in [-0.4, -0.2) is 38.6 Å². The Hall–Kier alpha value is -2.05. The lowest BCUT2D eigenvalue weighted by molar-refractivity contribution is -0.133. The highest BCUT2D eigenvalue weighted by Gasteiger charge is 2.28. The van der Waals surface area contributed by atoms with Crippen LogP contribution in [0.3, 0.4) is 0 Å². The molecule has 21 heavy (non-hydrogen) atoms. The molecule has 116 valence electrons. The maximum atomic E-state index is 12.4. The minimum Gasteiger partial charge on any atom is -0.494 e. The number of carbonyl (C=O) groups excluding carboxylic acids is 1. The van der Waals surface area contributed by atoms with Gasteiger partial charge in [0.2, 0.25) is 11.8 Å². The standard InChI is InChI=1S/C14H21N3O4/c1-8(2)10-11(18)15-14(21)17(13(10)20)9(3)12(19)16-6-4-5-7-16/h8-9,20H,4-7H2,1-3H3,(H,15,18,21). The van der Waals surface area contributed by atoms with E-state index >= 15 is 0 Å². The van der Waals surface area contributed by atoms with Crippen molar-refractivity contribution < 1.29 is 9.90 Å². The first-order valence-corrected chi connectivity index (χ1v) is 7.21. The van der Waals surface area contributed by atoms with Crippen LogP contribution in [0.4, 0.5) is 0 Å². The Morgan fingerprint density at radius 1 is 1.19 bits per heavy atom. The Morgan fingerprint density at radius 2 is 1.76 bits per heavy atom. The van der Waals surface area contributed by atoms with Gasteiger partial charge in [-0.25, -0.2) is 4.79 Å². The molecular formula is C14H21N3O4. The number of aromatic amines is 1. The number of nitrogens with one attached hydrogen (secondary N) is 1. The van der Waals surface area contributed by atoms with Crippen LogP contribution in [0.2, 0.25) is 0 Å². The summed E-state index contributed by atoms with van der Waals surface area (Å²) in [6.07, 6.45) is 1.89. The number of carbonyl (C=O) groups is 1. The van der Waals surface area contributed by atoms with Crippen molar-refractivity contribution in [3.8, 4) is 5.88 Å². The molecular weight excluding hydrogens is 274 g/mol. The molecule has 1 atom stereocenters. The van der Waals surface area contributed by atoms with Crippen molar-refractivity contribution in [2.45, 2.75) is 45.6 Å². The third kappa shape index (κ3) is 2.72. The van der Waals surface area contributed by atoms with E-state index in [0.717, 1.165) is 17.4 Å². The van der Waals surface area contributed by atoms with Crippen molar-refractivity contribution in [1.29, 1.82) is 0 Å².